The highest BCUT2D eigenvalue weighted by Crippen LogP contribution is 2.35. The molecule has 3 rings (SSSR count). The molecule has 0 aliphatic heterocycles. The molecule has 0 fully saturated rings. The monoisotopic (exact) mass is 432 g/mol. The zero-order valence-corrected chi connectivity index (χ0v) is 16.0. The highest BCUT2D eigenvalue weighted by Gasteiger charge is 2.29. The van der Waals surface area contributed by atoms with Gasteiger partial charge in [-0.1, -0.05) is 34.8 Å². The van der Waals surface area contributed by atoms with E-state index in [-0.39, 0.29) is 25.7 Å². The maximum atomic E-state index is 13.1. The van der Waals surface area contributed by atoms with Crippen LogP contribution < -0.4 is 4.31 Å². The highest BCUT2D eigenvalue weighted by molar-refractivity contribution is 7.92. The van der Waals surface area contributed by atoms with Crippen molar-refractivity contribution in [3.8, 4) is 0 Å². The van der Waals surface area contributed by atoms with Crippen molar-refractivity contribution in [1.82, 2.24) is 4.98 Å². The van der Waals surface area contributed by atoms with Crippen LogP contribution in [0.25, 0.3) is 10.9 Å². The first-order valence-electron chi connectivity index (χ1n) is 7.16. The van der Waals surface area contributed by atoms with E-state index < -0.39 is 22.5 Å². The van der Waals surface area contributed by atoms with Gasteiger partial charge in [-0.05, 0) is 36.4 Å². The summed E-state index contributed by atoms with van der Waals surface area (Å²) in [6, 6.07) is 8.52. The number of H-pyrrole nitrogens is 1. The molecule has 1 aromatic heterocycles. The van der Waals surface area contributed by atoms with Crippen LogP contribution in [-0.4, -0.2) is 31.0 Å². The normalized spacial score (nSPS) is 11.7. The Labute approximate surface area is 163 Å². The fourth-order valence-electron chi connectivity index (χ4n) is 2.48. The summed E-state index contributed by atoms with van der Waals surface area (Å²) in [4.78, 5) is 14.0. The van der Waals surface area contributed by atoms with Crippen molar-refractivity contribution in [3.63, 3.8) is 0 Å². The van der Waals surface area contributed by atoms with Gasteiger partial charge in [-0.3, -0.25) is 9.10 Å². The Bertz CT molecular complexity index is 1090. The molecule has 0 saturated heterocycles. The molecule has 0 radical (unpaired) electrons. The van der Waals surface area contributed by atoms with Crippen LogP contribution >= 0.6 is 34.8 Å². The van der Waals surface area contributed by atoms with Crippen molar-refractivity contribution in [1.29, 1.82) is 0 Å². The topological polar surface area (TPSA) is 90.5 Å². The maximum Gasteiger partial charge on any atom is 0.324 e. The fraction of sp³-hybridized carbons (Fsp3) is 0.0625. The molecular weight excluding hydrogens is 423 g/mol. The summed E-state index contributed by atoms with van der Waals surface area (Å²) in [6.45, 7) is -0.817. The number of rotatable bonds is 5. The third-order valence-electron chi connectivity index (χ3n) is 3.59. The van der Waals surface area contributed by atoms with Crippen LogP contribution in [0.3, 0.4) is 0 Å². The van der Waals surface area contributed by atoms with E-state index in [2.05, 4.69) is 4.98 Å². The van der Waals surface area contributed by atoms with Crippen molar-refractivity contribution < 1.29 is 18.3 Å². The number of halogens is 3. The van der Waals surface area contributed by atoms with Crippen LogP contribution in [0, 0.1) is 0 Å². The largest absolute Gasteiger partial charge is 0.480 e. The highest BCUT2D eigenvalue weighted by atomic mass is 35.5. The summed E-state index contributed by atoms with van der Waals surface area (Å²) >= 11 is 18.0. The first-order valence-corrected chi connectivity index (χ1v) is 9.73. The molecule has 1 heterocycles. The zero-order valence-electron chi connectivity index (χ0n) is 12.9. The molecule has 3 aromatic rings. The maximum absolute atomic E-state index is 13.1. The van der Waals surface area contributed by atoms with Crippen LogP contribution in [0.4, 0.5) is 5.69 Å². The number of carbonyl (C=O) groups is 1. The molecule has 136 valence electrons. The lowest BCUT2D eigenvalue weighted by molar-refractivity contribution is -0.135. The summed E-state index contributed by atoms with van der Waals surface area (Å²) in [5.41, 5.74) is 0.731. The van der Waals surface area contributed by atoms with Gasteiger partial charge in [0.1, 0.15) is 6.54 Å². The average Bonchev–Trinajstić information content (AvgIpc) is 2.97. The van der Waals surface area contributed by atoms with Crippen molar-refractivity contribution in [3.05, 3.63) is 57.7 Å². The van der Waals surface area contributed by atoms with Crippen LogP contribution in [-0.2, 0) is 14.8 Å². The summed E-state index contributed by atoms with van der Waals surface area (Å²) < 4.78 is 26.9. The van der Waals surface area contributed by atoms with Crippen molar-refractivity contribution >= 4 is 67.4 Å². The van der Waals surface area contributed by atoms with Gasteiger partial charge in [-0.15, -0.1) is 0 Å². The Morgan fingerprint density at radius 2 is 1.73 bits per heavy atom. The van der Waals surface area contributed by atoms with Gasteiger partial charge in [0.2, 0.25) is 0 Å². The van der Waals surface area contributed by atoms with Gasteiger partial charge in [-0.25, -0.2) is 8.42 Å². The number of aromatic amines is 1. The third kappa shape index (κ3) is 3.61. The minimum atomic E-state index is -4.28. The van der Waals surface area contributed by atoms with Gasteiger partial charge in [0.15, 0.2) is 0 Å². The molecule has 0 amide bonds. The number of carboxylic acid groups (broad SMARTS) is 1. The Morgan fingerprint density at radius 1 is 1.08 bits per heavy atom. The number of fused-ring (bicyclic) bond motifs is 1. The Balaban J connectivity index is 2.21. The number of aromatic nitrogens is 1. The minimum Gasteiger partial charge on any atom is -0.480 e. The van der Waals surface area contributed by atoms with E-state index in [1.807, 2.05) is 0 Å². The summed E-state index contributed by atoms with van der Waals surface area (Å²) in [7, 11) is -4.28. The average molecular weight is 434 g/mol. The van der Waals surface area contributed by atoms with Gasteiger partial charge < -0.3 is 10.1 Å². The minimum absolute atomic E-state index is 0.0391. The molecule has 0 spiro atoms. The second kappa shape index (κ2) is 7.00. The number of nitrogens with zero attached hydrogens (tertiary/aromatic N) is 1. The first-order chi connectivity index (χ1) is 12.2. The van der Waals surface area contributed by atoms with Gasteiger partial charge >= 0.3 is 5.97 Å². The van der Waals surface area contributed by atoms with Gasteiger partial charge in [0.05, 0.1) is 15.6 Å². The zero-order chi connectivity index (χ0) is 19.1. The Morgan fingerprint density at radius 3 is 2.35 bits per heavy atom. The van der Waals surface area contributed by atoms with E-state index in [4.69, 9.17) is 34.8 Å². The number of hydrogen-bond acceptors (Lipinski definition) is 3. The lowest BCUT2D eigenvalue weighted by atomic mass is 10.2. The number of aliphatic carboxylic acids is 1. The summed E-state index contributed by atoms with van der Waals surface area (Å²) in [5.74, 6) is -1.34. The predicted molar refractivity (Wildman–Crippen MR) is 102 cm³/mol. The number of nitrogens with one attached hydrogen (secondary N) is 1. The molecule has 0 aliphatic carbocycles. The van der Waals surface area contributed by atoms with Gasteiger partial charge in [0.25, 0.3) is 10.0 Å². The van der Waals surface area contributed by atoms with Gasteiger partial charge in [0, 0.05) is 27.1 Å². The van der Waals surface area contributed by atoms with E-state index in [1.165, 1.54) is 30.3 Å². The molecule has 26 heavy (non-hydrogen) atoms. The molecule has 0 aliphatic rings. The van der Waals surface area contributed by atoms with Crippen molar-refractivity contribution in [2.45, 2.75) is 4.90 Å². The SMILES string of the molecule is O=C(O)CN(c1cc2cc[nH]c2cc1Cl)S(=O)(=O)c1cc(Cl)cc(Cl)c1. The Kier molecular flexibility index (Phi) is 5.07. The number of anilines is 1. The third-order valence-corrected chi connectivity index (χ3v) is 6.07. The number of hydrogen-bond donors (Lipinski definition) is 2. The second-order valence-electron chi connectivity index (χ2n) is 5.38. The van der Waals surface area contributed by atoms with E-state index >= 15 is 0 Å². The summed E-state index contributed by atoms with van der Waals surface area (Å²) in [6.07, 6.45) is 1.66. The van der Waals surface area contributed by atoms with E-state index in [0.717, 1.165) is 0 Å². The molecule has 0 atom stereocenters. The molecule has 6 nitrogen and oxygen atoms in total. The first kappa shape index (κ1) is 18.8. The number of carboxylic acids is 1. The lowest BCUT2D eigenvalue weighted by Gasteiger charge is -2.24. The number of benzene rings is 2. The van der Waals surface area contributed by atoms with Crippen LogP contribution in [0.1, 0.15) is 0 Å². The molecule has 2 aromatic carbocycles. The Hall–Kier alpha value is -1.93. The molecule has 10 heteroatoms. The fourth-order valence-corrected chi connectivity index (χ4v) is 4.95. The second-order valence-corrected chi connectivity index (χ2v) is 8.52. The van der Waals surface area contributed by atoms with Crippen LogP contribution in [0.15, 0.2) is 47.5 Å². The van der Waals surface area contributed by atoms with Crippen LogP contribution in [0.5, 0.6) is 0 Å². The lowest BCUT2D eigenvalue weighted by Crippen LogP contribution is -2.36. The van der Waals surface area contributed by atoms with Crippen molar-refractivity contribution in [2.75, 3.05) is 10.8 Å². The summed E-state index contributed by atoms with van der Waals surface area (Å²) in [5, 5.41) is 10.2. The van der Waals surface area contributed by atoms with Crippen molar-refractivity contribution in [2.24, 2.45) is 0 Å². The quantitative estimate of drug-likeness (QED) is 0.623. The number of sulfonamides is 1. The van der Waals surface area contributed by atoms with Crippen LogP contribution in [0.2, 0.25) is 15.1 Å². The molecular formula is C16H11Cl3N2O4S. The standard InChI is InChI=1S/C16H11Cl3N2O4S/c17-10-4-11(18)6-12(5-10)26(24,25)21(8-16(22)23)15-3-9-1-2-20-14(9)7-13(15)19/h1-7,20H,8H2,(H,22,23). The van der Waals surface area contributed by atoms with Gasteiger partial charge in [-0.2, -0.15) is 0 Å². The van der Waals surface area contributed by atoms with E-state index in [0.29, 0.717) is 15.2 Å². The molecule has 2 N–H and O–H groups in total. The molecule has 0 bridgehead atoms. The van der Waals surface area contributed by atoms with E-state index in [1.54, 1.807) is 12.3 Å². The molecule has 0 saturated carbocycles. The van der Waals surface area contributed by atoms with E-state index in [9.17, 15) is 18.3 Å². The predicted octanol–water partition coefficient (Wildman–Crippen LogP) is 4.41. The molecule has 0 unspecified atom stereocenters. The smallest absolute Gasteiger partial charge is 0.324 e.